The zero-order valence-corrected chi connectivity index (χ0v) is 14.2. The molecule has 0 aliphatic heterocycles. The standard InChI is InChI=1S/C14H18N2O7S/c1-4-14(2,3)13(19)15-9-5-7-10(8-6-9)24(22,23)11(12(17)18)16(20)21/h5-8,11H,4H2,1-3H3,(H,15,19)(H,17,18). The largest absolute Gasteiger partial charge is 0.475 e. The van der Waals surface area contributed by atoms with Crippen molar-refractivity contribution in [2.75, 3.05) is 5.32 Å². The molecule has 2 N–H and O–H groups in total. The number of hydrogen-bond donors (Lipinski definition) is 2. The van der Waals surface area contributed by atoms with Gasteiger partial charge < -0.3 is 10.4 Å². The minimum atomic E-state index is -4.69. The summed E-state index contributed by atoms with van der Waals surface area (Å²) in [6.45, 7) is 5.34. The maximum absolute atomic E-state index is 12.0. The number of carbonyl (C=O) groups excluding carboxylic acids is 1. The van der Waals surface area contributed by atoms with Crippen LogP contribution >= 0.6 is 0 Å². The number of sulfone groups is 1. The normalized spacial score (nSPS) is 13.1. The minimum absolute atomic E-state index is 0.269. The predicted octanol–water partition coefficient (Wildman–Crippen LogP) is 1.52. The van der Waals surface area contributed by atoms with E-state index in [9.17, 15) is 28.1 Å². The maximum Gasteiger partial charge on any atom is 0.408 e. The Labute approximate surface area is 138 Å². The molecule has 0 radical (unpaired) electrons. The highest BCUT2D eigenvalue weighted by molar-refractivity contribution is 7.92. The Balaban J connectivity index is 3.09. The SMILES string of the molecule is CCC(C)(C)C(=O)Nc1ccc(S(=O)(=O)C(C(=O)O)[N+](=O)[O-])cc1. The molecule has 1 rings (SSSR count). The minimum Gasteiger partial charge on any atom is -0.475 e. The molecular formula is C14H18N2O7S. The van der Waals surface area contributed by atoms with Gasteiger partial charge >= 0.3 is 11.3 Å². The van der Waals surface area contributed by atoms with Crippen LogP contribution in [0.3, 0.4) is 0 Å². The molecule has 0 aliphatic rings. The van der Waals surface area contributed by atoms with Crippen LogP contribution in [0, 0.1) is 15.5 Å². The molecule has 0 fully saturated rings. The first-order valence-electron chi connectivity index (χ1n) is 6.95. The molecule has 132 valence electrons. The highest BCUT2D eigenvalue weighted by Crippen LogP contribution is 2.24. The highest BCUT2D eigenvalue weighted by Gasteiger charge is 2.44. The number of nitrogens with zero attached hydrogens (tertiary/aromatic N) is 1. The fourth-order valence-corrected chi connectivity index (χ4v) is 2.92. The van der Waals surface area contributed by atoms with Gasteiger partial charge in [0, 0.05) is 11.1 Å². The summed E-state index contributed by atoms with van der Waals surface area (Å²) in [6.07, 6.45) is 0.592. The third-order valence-corrected chi connectivity index (χ3v) is 5.53. The molecule has 1 amide bonds. The number of rotatable bonds is 7. The van der Waals surface area contributed by atoms with Gasteiger partial charge in [0.25, 0.3) is 9.84 Å². The number of carboxylic acid groups (broad SMARTS) is 1. The van der Waals surface area contributed by atoms with E-state index in [1.165, 1.54) is 12.1 Å². The van der Waals surface area contributed by atoms with Gasteiger partial charge in [0.05, 0.1) is 9.82 Å². The number of hydrogen-bond acceptors (Lipinski definition) is 6. The average molecular weight is 358 g/mol. The van der Waals surface area contributed by atoms with E-state index in [1.807, 2.05) is 6.92 Å². The summed E-state index contributed by atoms with van der Waals surface area (Å²) >= 11 is 0. The molecular weight excluding hydrogens is 340 g/mol. The number of nitrogens with one attached hydrogen (secondary N) is 1. The molecule has 0 saturated heterocycles. The first-order valence-corrected chi connectivity index (χ1v) is 8.50. The number of carboxylic acids is 1. The van der Waals surface area contributed by atoms with E-state index in [2.05, 4.69) is 5.32 Å². The highest BCUT2D eigenvalue weighted by atomic mass is 32.2. The Morgan fingerprint density at radius 2 is 1.79 bits per heavy atom. The Hall–Kier alpha value is -2.49. The van der Waals surface area contributed by atoms with Crippen molar-refractivity contribution in [3.05, 3.63) is 34.4 Å². The predicted molar refractivity (Wildman–Crippen MR) is 84.7 cm³/mol. The van der Waals surface area contributed by atoms with Gasteiger partial charge in [0.2, 0.25) is 5.91 Å². The number of carbonyl (C=O) groups is 2. The first-order chi connectivity index (χ1) is 10.9. The second kappa shape index (κ2) is 6.95. The summed E-state index contributed by atoms with van der Waals surface area (Å²) in [4.78, 5) is 31.7. The molecule has 0 saturated carbocycles. The molecule has 0 bridgehead atoms. The molecule has 0 aromatic heterocycles. The van der Waals surface area contributed by atoms with E-state index >= 15 is 0 Å². The van der Waals surface area contributed by atoms with E-state index in [0.29, 0.717) is 12.1 Å². The van der Waals surface area contributed by atoms with Crippen molar-refractivity contribution in [1.82, 2.24) is 0 Å². The van der Waals surface area contributed by atoms with Gasteiger partial charge in [-0.15, -0.1) is 0 Å². The fraction of sp³-hybridized carbons (Fsp3) is 0.429. The van der Waals surface area contributed by atoms with Gasteiger partial charge in [0.15, 0.2) is 0 Å². The molecule has 0 heterocycles. The molecule has 1 aromatic carbocycles. The Kier molecular flexibility index (Phi) is 5.67. The van der Waals surface area contributed by atoms with Gasteiger partial charge in [-0.2, -0.15) is 0 Å². The molecule has 9 nitrogen and oxygen atoms in total. The van der Waals surface area contributed by atoms with Gasteiger partial charge in [-0.1, -0.05) is 20.8 Å². The monoisotopic (exact) mass is 358 g/mol. The van der Waals surface area contributed by atoms with Crippen LogP contribution in [0.25, 0.3) is 0 Å². The summed E-state index contributed by atoms with van der Waals surface area (Å²) < 4.78 is 24.1. The van der Waals surface area contributed by atoms with Gasteiger partial charge in [0.1, 0.15) is 0 Å². The van der Waals surface area contributed by atoms with Gasteiger partial charge in [-0.3, -0.25) is 14.9 Å². The Morgan fingerprint density at radius 1 is 1.29 bits per heavy atom. The van der Waals surface area contributed by atoms with Crippen LogP contribution in [0.2, 0.25) is 0 Å². The zero-order chi connectivity index (χ0) is 18.7. The third-order valence-electron chi connectivity index (χ3n) is 3.64. The van der Waals surface area contributed by atoms with Crippen molar-refractivity contribution >= 4 is 27.4 Å². The summed E-state index contributed by atoms with van der Waals surface area (Å²) in [7, 11) is -4.69. The second-order valence-electron chi connectivity index (χ2n) is 5.74. The summed E-state index contributed by atoms with van der Waals surface area (Å²) in [5.74, 6) is -2.34. The van der Waals surface area contributed by atoms with Gasteiger partial charge in [-0.25, -0.2) is 13.2 Å². The maximum atomic E-state index is 12.0. The van der Waals surface area contributed by atoms with E-state index in [0.717, 1.165) is 12.1 Å². The van der Waals surface area contributed by atoms with Crippen LogP contribution in [-0.4, -0.2) is 35.7 Å². The number of aliphatic carboxylic acids is 1. The van der Waals surface area contributed by atoms with Crippen LogP contribution in [0.1, 0.15) is 27.2 Å². The molecule has 0 spiro atoms. The number of anilines is 1. The summed E-state index contributed by atoms with van der Waals surface area (Å²) in [6, 6.07) is 4.53. The molecule has 24 heavy (non-hydrogen) atoms. The number of nitro groups is 1. The third kappa shape index (κ3) is 4.07. The van der Waals surface area contributed by atoms with Crippen LogP contribution in [0.5, 0.6) is 0 Å². The lowest BCUT2D eigenvalue weighted by Gasteiger charge is -2.21. The van der Waals surface area contributed by atoms with E-state index in [-0.39, 0.29) is 5.91 Å². The fourth-order valence-electron chi connectivity index (χ4n) is 1.65. The summed E-state index contributed by atoms with van der Waals surface area (Å²) in [5, 5.41) is 19.3. The van der Waals surface area contributed by atoms with Crippen molar-refractivity contribution in [2.24, 2.45) is 5.41 Å². The topological polar surface area (TPSA) is 144 Å². The van der Waals surface area contributed by atoms with Crippen molar-refractivity contribution in [3.8, 4) is 0 Å². The van der Waals surface area contributed by atoms with Crippen LogP contribution in [-0.2, 0) is 19.4 Å². The van der Waals surface area contributed by atoms with Crippen molar-refractivity contribution in [1.29, 1.82) is 0 Å². The van der Waals surface area contributed by atoms with E-state index < -0.39 is 36.4 Å². The lowest BCUT2D eigenvalue weighted by atomic mass is 9.89. The number of amides is 1. The van der Waals surface area contributed by atoms with Gasteiger partial charge in [-0.05, 0) is 30.7 Å². The zero-order valence-electron chi connectivity index (χ0n) is 13.3. The molecule has 1 aromatic rings. The van der Waals surface area contributed by atoms with Crippen molar-refractivity contribution in [2.45, 2.75) is 37.5 Å². The molecule has 0 aliphatic carbocycles. The van der Waals surface area contributed by atoms with E-state index in [1.54, 1.807) is 13.8 Å². The molecule has 1 atom stereocenters. The Morgan fingerprint density at radius 3 is 2.17 bits per heavy atom. The second-order valence-corrected chi connectivity index (χ2v) is 7.74. The average Bonchev–Trinajstić information content (AvgIpc) is 2.46. The lowest BCUT2D eigenvalue weighted by molar-refractivity contribution is -0.486. The molecule has 1 unspecified atom stereocenters. The van der Waals surface area contributed by atoms with E-state index in [4.69, 9.17) is 5.11 Å². The smallest absolute Gasteiger partial charge is 0.408 e. The lowest BCUT2D eigenvalue weighted by Crippen LogP contribution is -2.37. The van der Waals surface area contributed by atoms with Crippen molar-refractivity contribution < 1.29 is 28.0 Å². The molecule has 10 heteroatoms. The van der Waals surface area contributed by atoms with Crippen LogP contribution in [0.4, 0.5) is 5.69 Å². The van der Waals surface area contributed by atoms with Crippen molar-refractivity contribution in [3.63, 3.8) is 0 Å². The first kappa shape index (κ1) is 19.6. The number of benzene rings is 1. The Bertz CT molecular complexity index is 740. The summed E-state index contributed by atoms with van der Waals surface area (Å²) in [5.41, 5.74) is -0.321. The quantitative estimate of drug-likeness (QED) is 0.555. The van der Waals surface area contributed by atoms with Crippen LogP contribution in [0.15, 0.2) is 29.2 Å². The van der Waals surface area contributed by atoms with Crippen LogP contribution < -0.4 is 5.32 Å².